The lowest BCUT2D eigenvalue weighted by Gasteiger charge is -2.26. The summed E-state index contributed by atoms with van der Waals surface area (Å²) in [7, 11) is 3.04. The zero-order valence-electron chi connectivity index (χ0n) is 12.8. The third-order valence-electron chi connectivity index (χ3n) is 3.53. The van der Waals surface area contributed by atoms with Gasteiger partial charge in [-0.2, -0.15) is 0 Å². The van der Waals surface area contributed by atoms with Crippen LogP contribution in [0.1, 0.15) is 0 Å². The average Bonchev–Trinajstić information content (AvgIpc) is 2.57. The number of fused-ring (bicyclic) bond motifs is 1. The van der Waals surface area contributed by atoms with Crippen molar-refractivity contribution < 1.29 is 18.3 Å². The molecule has 5 nitrogen and oxygen atoms in total. The van der Waals surface area contributed by atoms with Gasteiger partial charge in [0.25, 0.3) is 0 Å². The van der Waals surface area contributed by atoms with Gasteiger partial charge in [0.1, 0.15) is 5.84 Å². The lowest BCUT2D eigenvalue weighted by Crippen LogP contribution is -2.34. The molecule has 1 heterocycles. The summed E-state index contributed by atoms with van der Waals surface area (Å²) in [5.41, 5.74) is 0.975. The van der Waals surface area contributed by atoms with E-state index >= 15 is 0 Å². The van der Waals surface area contributed by atoms with E-state index in [9.17, 15) is 8.78 Å². The third-order valence-corrected chi connectivity index (χ3v) is 3.71. The summed E-state index contributed by atoms with van der Waals surface area (Å²) in [6.07, 6.45) is 3.47. The molecule has 3 rings (SSSR count). The smallest absolute Gasteiger partial charge is 0.221 e. The molecule has 0 amide bonds. The van der Waals surface area contributed by atoms with Gasteiger partial charge in [-0.05, 0) is 30.4 Å². The molecule has 0 saturated heterocycles. The van der Waals surface area contributed by atoms with Crippen LogP contribution in [0.15, 0.2) is 51.9 Å². The van der Waals surface area contributed by atoms with E-state index in [1.54, 1.807) is 12.2 Å². The van der Waals surface area contributed by atoms with Crippen molar-refractivity contribution in [2.45, 2.75) is 0 Å². The largest absolute Gasteiger partial charge is 0.493 e. The molecule has 0 bridgehead atoms. The number of nitrogens with one attached hydrogen (secondary N) is 1. The second-order valence-corrected chi connectivity index (χ2v) is 5.36. The fourth-order valence-electron chi connectivity index (χ4n) is 2.40. The number of halogens is 2. The highest BCUT2D eigenvalue weighted by Gasteiger charge is 2.30. The number of aliphatic imine (C=N–C) groups is 2. The van der Waals surface area contributed by atoms with Gasteiger partial charge in [-0.3, -0.25) is 0 Å². The van der Waals surface area contributed by atoms with Crippen molar-refractivity contribution in [1.82, 2.24) is 0 Å². The highest BCUT2D eigenvalue weighted by molar-refractivity contribution is 7.80. The molecule has 1 aliphatic heterocycles. The Kier molecular flexibility index (Phi) is 4.39. The van der Waals surface area contributed by atoms with E-state index in [0.717, 1.165) is 12.1 Å². The molecule has 1 N–H and O–H groups in total. The van der Waals surface area contributed by atoms with E-state index in [1.165, 1.54) is 20.3 Å². The van der Waals surface area contributed by atoms with Crippen LogP contribution in [-0.4, -0.2) is 30.9 Å². The monoisotopic (exact) mass is 349 g/mol. The van der Waals surface area contributed by atoms with Gasteiger partial charge in [-0.15, -0.1) is 0 Å². The number of rotatable bonds is 3. The van der Waals surface area contributed by atoms with Crippen LogP contribution in [0.4, 0.5) is 14.5 Å². The highest BCUT2D eigenvalue weighted by Crippen LogP contribution is 2.27. The van der Waals surface area contributed by atoms with Crippen LogP contribution in [0.25, 0.3) is 0 Å². The first-order valence-electron chi connectivity index (χ1n) is 6.97. The van der Waals surface area contributed by atoms with E-state index in [-0.39, 0.29) is 11.0 Å². The normalized spacial score (nSPS) is 19.5. The fraction of sp³-hybridized carbons (Fsp3) is 0.188. The van der Waals surface area contributed by atoms with Crippen LogP contribution in [0.5, 0.6) is 0 Å². The average molecular weight is 349 g/mol. The zero-order chi connectivity index (χ0) is 17.3. The van der Waals surface area contributed by atoms with E-state index in [4.69, 9.17) is 21.7 Å². The lowest BCUT2D eigenvalue weighted by atomic mass is 9.94. The molecule has 8 heteroatoms. The number of nitrogens with zero attached hydrogens (tertiary/aromatic N) is 2. The molecule has 0 aromatic heterocycles. The van der Waals surface area contributed by atoms with E-state index < -0.39 is 11.6 Å². The molecule has 24 heavy (non-hydrogen) atoms. The molecule has 1 atom stereocenters. The molecule has 1 aliphatic carbocycles. The van der Waals surface area contributed by atoms with Crippen LogP contribution in [0.3, 0.4) is 0 Å². The van der Waals surface area contributed by atoms with Gasteiger partial charge in [-0.25, -0.2) is 18.8 Å². The maximum absolute atomic E-state index is 13.4. The molecule has 1 aromatic rings. The quantitative estimate of drug-likeness (QED) is 0.852. The fourth-order valence-corrected chi connectivity index (χ4v) is 2.60. The number of hydrogen-bond donors (Lipinski definition) is 1. The summed E-state index contributed by atoms with van der Waals surface area (Å²) in [4.78, 5) is 8.42. The molecular weight excluding hydrogens is 336 g/mol. The SMILES string of the molecule is COC1=CC2=NC(=S)N=C(Nc3ccc(F)c(F)c3)C2C=C1OC. The summed E-state index contributed by atoms with van der Waals surface area (Å²) in [5, 5.41) is 3.09. The molecule has 0 fully saturated rings. The van der Waals surface area contributed by atoms with E-state index in [0.29, 0.717) is 28.8 Å². The maximum Gasteiger partial charge on any atom is 0.221 e. The molecular formula is C16H13F2N3O2S. The Hall–Kier alpha value is -2.61. The Labute approximate surface area is 142 Å². The Morgan fingerprint density at radius 1 is 1.08 bits per heavy atom. The van der Waals surface area contributed by atoms with Crippen molar-refractivity contribution in [2.24, 2.45) is 15.9 Å². The summed E-state index contributed by atoms with van der Waals surface area (Å²) in [6.45, 7) is 0. The van der Waals surface area contributed by atoms with E-state index in [1.807, 2.05) is 0 Å². The van der Waals surface area contributed by atoms with Crippen LogP contribution in [0, 0.1) is 17.6 Å². The minimum Gasteiger partial charge on any atom is -0.493 e. The summed E-state index contributed by atoms with van der Waals surface area (Å²) in [6, 6.07) is 3.50. The van der Waals surface area contributed by atoms with Gasteiger partial charge < -0.3 is 14.8 Å². The molecule has 2 aliphatic rings. The number of ether oxygens (including phenoxy) is 2. The minimum atomic E-state index is -0.953. The number of hydrogen-bond acceptors (Lipinski definition) is 4. The molecule has 0 spiro atoms. The first-order chi connectivity index (χ1) is 11.5. The lowest BCUT2D eigenvalue weighted by molar-refractivity contribution is 0.218. The van der Waals surface area contributed by atoms with Gasteiger partial charge in [0, 0.05) is 17.8 Å². The zero-order valence-corrected chi connectivity index (χ0v) is 13.7. The number of anilines is 1. The van der Waals surface area contributed by atoms with Gasteiger partial charge in [0.2, 0.25) is 5.11 Å². The van der Waals surface area contributed by atoms with Crippen molar-refractivity contribution in [2.75, 3.05) is 19.5 Å². The molecule has 0 radical (unpaired) electrons. The van der Waals surface area contributed by atoms with Crippen LogP contribution >= 0.6 is 12.2 Å². The van der Waals surface area contributed by atoms with Crippen LogP contribution < -0.4 is 5.32 Å². The predicted octanol–water partition coefficient (Wildman–Crippen LogP) is 3.21. The Bertz CT molecular complexity index is 831. The van der Waals surface area contributed by atoms with Crippen molar-refractivity contribution in [3.05, 3.63) is 53.5 Å². The van der Waals surface area contributed by atoms with Gasteiger partial charge in [0.15, 0.2) is 23.2 Å². The number of amidine groups is 1. The minimum absolute atomic E-state index is 0.132. The third kappa shape index (κ3) is 3.05. The van der Waals surface area contributed by atoms with Crippen molar-refractivity contribution in [3.8, 4) is 0 Å². The topological polar surface area (TPSA) is 55.2 Å². The van der Waals surface area contributed by atoms with Crippen LogP contribution in [0.2, 0.25) is 0 Å². The molecule has 1 aromatic carbocycles. The van der Waals surface area contributed by atoms with Gasteiger partial charge in [0.05, 0.1) is 25.8 Å². The molecule has 124 valence electrons. The number of methoxy groups -OCH3 is 2. The summed E-state index contributed by atoms with van der Waals surface area (Å²) >= 11 is 5.08. The molecule has 1 unspecified atom stereocenters. The number of benzene rings is 1. The van der Waals surface area contributed by atoms with Gasteiger partial charge in [-0.1, -0.05) is 0 Å². The van der Waals surface area contributed by atoms with Crippen molar-refractivity contribution in [1.29, 1.82) is 0 Å². The van der Waals surface area contributed by atoms with Crippen LogP contribution in [-0.2, 0) is 9.47 Å². The summed E-state index contributed by atoms with van der Waals surface area (Å²) in [5.74, 6) is -0.754. The highest BCUT2D eigenvalue weighted by atomic mass is 32.1. The standard InChI is InChI=1S/C16H13F2N3O2S/c1-22-13-6-9-12(7-14(13)23-2)20-16(24)21-15(9)19-8-3-4-10(17)11(18)5-8/h3-7,9H,1-2H3,(H,19,21,24). The first-order valence-corrected chi connectivity index (χ1v) is 7.37. The predicted molar refractivity (Wildman–Crippen MR) is 91.1 cm³/mol. The Morgan fingerprint density at radius 3 is 2.50 bits per heavy atom. The summed E-state index contributed by atoms with van der Waals surface area (Å²) < 4.78 is 37.0. The van der Waals surface area contributed by atoms with Crippen molar-refractivity contribution >= 4 is 34.6 Å². The maximum atomic E-state index is 13.4. The second-order valence-electron chi connectivity index (χ2n) is 5.00. The Morgan fingerprint density at radius 2 is 1.83 bits per heavy atom. The second kappa shape index (κ2) is 6.48. The Balaban J connectivity index is 1.94. The number of thiocarbonyl (C=S) groups is 1. The first kappa shape index (κ1) is 16.3. The number of allylic oxidation sites excluding steroid dienone is 1. The van der Waals surface area contributed by atoms with Gasteiger partial charge >= 0.3 is 0 Å². The van der Waals surface area contributed by atoms with E-state index in [2.05, 4.69) is 15.3 Å². The molecule has 0 saturated carbocycles. The van der Waals surface area contributed by atoms with Crippen molar-refractivity contribution in [3.63, 3.8) is 0 Å².